The van der Waals surface area contributed by atoms with Crippen molar-refractivity contribution in [2.24, 2.45) is 0 Å². The molecule has 1 aliphatic carbocycles. The first-order valence-electron chi connectivity index (χ1n) is 22.0. The molecule has 0 radical (unpaired) electrons. The van der Waals surface area contributed by atoms with E-state index in [1.165, 1.54) is 89.9 Å². The molecule has 6 N–H and O–H groups in total. The van der Waals surface area contributed by atoms with Crippen molar-refractivity contribution in [2.75, 3.05) is 13.2 Å². The van der Waals surface area contributed by atoms with E-state index >= 15 is 0 Å². The van der Waals surface area contributed by atoms with Gasteiger partial charge in [-0.1, -0.05) is 148 Å². The first-order chi connectivity index (χ1) is 26.9. The zero-order valence-electron chi connectivity index (χ0n) is 34.7. The Labute approximate surface area is 337 Å². The molecule has 8 atom stereocenters. The van der Waals surface area contributed by atoms with Crippen molar-refractivity contribution < 1.29 is 63.1 Å². The number of phosphoric ester groups is 1. The summed E-state index contributed by atoms with van der Waals surface area (Å²) in [4.78, 5) is 35.6. The summed E-state index contributed by atoms with van der Waals surface area (Å²) in [6, 6.07) is 0. The molecule has 0 spiro atoms. The number of aliphatic hydroxyl groups excluding tert-OH is 5. The Morgan fingerprint density at radius 2 is 0.911 bits per heavy atom. The first-order valence-corrected chi connectivity index (χ1v) is 23.5. The fourth-order valence-electron chi connectivity index (χ4n) is 6.75. The molecule has 1 rings (SSSR count). The van der Waals surface area contributed by atoms with Crippen molar-refractivity contribution in [2.45, 2.75) is 230 Å². The lowest BCUT2D eigenvalue weighted by atomic mass is 9.85. The van der Waals surface area contributed by atoms with Crippen LogP contribution in [0.5, 0.6) is 0 Å². The third kappa shape index (κ3) is 25.8. The Balaban J connectivity index is 2.49. The van der Waals surface area contributed by atoms with Gasteiger partial charge in [-0.15, -0.1) is 0 Å². The Kier molecular flexibility index (Phi) is 31.4. The molecule has 330 valence electrons. The molecule has 0 saturated heterocycles. The molecule has 1 saturated carbocycles. The summed E-state index contributed by atoms with van der Waals surface area (Å²) in [6.45, 7) is 3.28. The normalized spacial score (nSPS) is 22.9. The number of aliphatic hydroxyl groups is 5. The van der Waals surface area contributed by atoms with Crippen LogP contribution in [-0.2, 0) is 32.7 Å². The van der Waals surface area contributed by atoms with Crippen LogP contribution in [0.2, 0.25) is 0 Å². The van der Waals surface area contributed by atoms with Crippen LogP contribution in [0.15, 0.2) is 12.2 Å². The maximum Gasteiger partial charge on any atom is 0.472 e. The van der Waals surface area contributed by atoms with Crippen molar-refractivity contribution in [1.29, 1.82) is 0 Å². The standard InChI is InChI=1S/C42H79O13P/c1-3-5-7-9-11-13-15-17-18-19-21-23-25-27-29-31-36(44)54-34(32-52-35(43)30-28-26-24-22-20-16-14-12-10-8-6-4-2)33-53-56(50,51)55-42-40(48)38(46)37(45)39(47)41(42)49/h17-18,34,37-42,45-49H,3-16,19-33H2,1-2H3,(H,50,51)/b18-17+/t34-,37?,38+,39?,40?,41?,42?/m1/s1. The Bertz CT molecular complexity index is 1040. The average molecular weight is 823 g/mol. The number of rotatable bonds is 36. The zero-order chi connectivity index (χ0) is 41.4. The molecule has 13 nitrogen and oxygen atoms in total. The Morgan fingerprint density at radius 1 is 0.536 bits per heavy atom. The highest BCUT2D eigenvalue weighted by Gasteiger charge is 2.51. The SMILES string of the molecule is CCCCCCCC/C=C/CCCCCCCC(=O)O[C@H](COC(=O)CCCCCCCCCCCCCC)COP(=O)(O)OC1C(O)C(O)C(O)[C@H](O)C1O. The van der Waals surface area contributed by atoms with Crippen LogP contribution in [0.3, 0.4) is 0 Å². The predicted octanol–water partition coefficient (Wildman–Crippen LogP) is 7.89. The van der Waals surface area contributed by atoms with Crippen LogP contribution < -0.4 is 0 Å². The number of esters is 2. The number of ether oxygens (including phenoxy) is 2. The largest absolute Gasteiger partial charge is 0.472 e. The van der Waals surface area contributed by atoms with E-state index in [0.29, 0.717) is 12.8 Å². The lowest BCUT2D eigenvalue weighted by Crippen LogP contribution is -2.64. The minimum Gasteiger partial charge on any atom is -0.462 e. The second-order valence-corrected chi connectivity index (χ2v) is 17.0. The maximum atomic E-state index is 12.8. The molecule has 0 aromatic heterocycles. The van der Waals surface area contributed by atoms with Gasteiger partial charge in [0, 0.05) is 12.8 Å². The third-order valence-corrected chi connectivity index (χ3v) is 11.3. The molecule has 0 bridgehead atoms. The molecule has 0 amide bonds. The summed E-state index contributed by atoms with van der Waals surface area (Å²) < 4.78 is 33.4. The Hall–Kier alpha value is -1.41. The van der Waals surface area contributed by atoms with Crippen molar-refractivity contribution in [3.05, 3.63) is 12.2 Å². The molecule has 14 heteroatoms. The number of phosphoric acid groups is 1. The molecular weight excluding hydrogens is 743 g/mol. The van der Waals surface area contributed by atoms with Gasteiger partial charge in [-0.3, -0.25) is 18.6 Å². The molecule has 56 heavy (non-hydrogen) atoms. The second-order valence-electron chi connectivity index (χ2n) is 15.6. The molecule has 1 fully saturated rings. The highest BCUT2D eigenvalue weighted by Crippen LogP contribution is 2.47. The lowest BCUT2D eigenvalue weighted by Gasteiger charge is -2.41. The third-order valence-electron chi connectivity index (χ3n) is 10.4. The van der Waals surface area contributed by atoms with Gasteiger partial charge < -0.3 is 39.9 Å². The highest BCUT2D eigenvalue weighted by molar-refractivity contribution is 7.47. The summed E-state index contributed by atoms with van der Waals surface area (Å²) in [6.07, 6.45) is 19.9. The van der Waals surface area contributed by atoms with Crippen molar-refractivity contribution in [3.8, 4) is 0 Å². The number of carbonyl (C=O) groups excluding carboxylic acids is 2. The van der Waals surface area contributed by atoms with Gasteiger partial charge in [-0.25, -0.2) is 4.57 Å². The summed E-state index contributed by atoms with van der Waals surface area (Å²) in [5.74, 6) is -1.10. The fourth-order valence-corrected chi connectivity index (χ4v) is 7.73. The minimum absolute atomic E-state index is 0.0906. The van der Waals surface area contributed by atoms with E-state index in [-0.39, 0.29) is 12.8 Å². The molecule has 0 heterocycles. The smallest absolute Gasteiger partial charge is 0.462 e. The van der Waals surface area contributed by atoms with Crippen LogP contribution in [0, 0.1) is 0 Å². The monoisotopic (exact) mass is 823 g/mol. The van der Waals surface area contributed by atoms with Crippen LogP contribution in [0.4, 0.5) is 0 Å². The first kappa shape index (κ1) is 52.6. The predicted molar refractivity (Wildman–Crippen MR) is 217 cm³/mol. The Morgan fingerprint density at radius 3 is 1.36 bits per heavy atom. The molecule has 1 aliphatic rings. The summed E-state index contributed by atoms with van der Waals surface area (Å²) >= 11 is 0. The summed E-state index contributed by atoms with van der Waals surface area (Å²) in [5.41, 5.74) is 0. The summed E-state index contributed by atoms with van der Waals surface area (Å²) in [5, 5.41) is 50.0. The van der Waals surface area contributed by atoms with E-state index < -0.39 is 75.7 Å². The quantitative estimate of drug-likeness (QED) is 0.0154. The van der Waals surface area contributed by atoms with Crippen LogP contribution in [0.1, 0.15) is 187 Å². The maximum absolute atomic E-state index is 12.8. The fraction of sp³-hybridized carbons (Fsp3) is 0.905. The van der Waals surface area contributed by atoms with Crippen molar-refractivity contribution in [3.63, 3.8) is 0 Å². The van der Waals surface area contributed by atoms with E-state index in [1.807, 2.05) is 0 Å². The molecule has 0 aromatic carbocycles. The lowest BCUT2D eigenvalue weighted by molar-refractivity contribution is -0.220. The zero-order valence-corrected chi connectivity index (χ0v) is 35.6. The van der Waals surface area contributed by atoms with E-state index in [9.17, 15) is 44.6 Å². The van der Waals surface area contributed by atoms with E-state index in [4.69, 9.17) is 18.5 Å². The topological polar surface area (TPSA) is 210 Å². The van der Waals surface area contributed by atoms with E-state index in [1.54, 1.807) is 0 Å². The number of hydrogen-bond acceptors (Lipinski definition) is 12. The molecular formula is C42H79O13P. The van der Waals surface area contributed by atoms with Crippen molar-refractivity contribution >= 4 is 19.8 Å². The van der Waals surface area contributed by atoms with Crippen LogP contribution >= 0.6 is 7.82 Å². The van der Waals surface area contributed by atoms with Gasteiger partial charge in [-0.2, -0.15) is 0 Å². The van der Waals surface area contributed by atoms with E-state index in [0.717, 1.165) is 57.8 Å². The van der Waals surface area contributed by atoms with Gasteiger partial charge >= 0.3 is 19.8 Å². The second kappa shape index (κ2) is 33.4. The number of allylic oxidation sites excluding steroid dienone is 2. The molecule has 0 aromatic rings. The van der Waals surface area contributed by atoms with Gasteiger partial charge in [0.2, 0.25) is 0 Å². The van der Waals surface area contributed by atoms with Gasteiger partial charge in [0.1, 0.15) is 43.2 Å². The summed E-state index contributed by atoms with van der Waals surface area (Å²) in [7, 11) is -5.11. The van der Waals surface area contributed by atoms with Crippen LogP contribution in [-0.4, -0.2) is 98.3 Å². The van der Waals surface area contributed by atoms with Gasteiger partial charge in [0.25, 0.3) is 0 Å². The average Bonchev–Trinajstić information content (AvgIpc) is 3.18. The van der Waals surface area contributed by atoms with Gasteiger partial charge in [0.05, 0.1) is 6.61 Å². The number of unbranched alkanes of at least 4 members (excludes halogenated alkanes) is 22. The van der Waals surface area contributed by atoms with Gasteiger partial charge in [-0.05, 0) is 38.5 Å². The number of hydrogen-bond donors (Lipinski definition) is 6. The molecule has 0 aliphatic heterocycles. The van der Waals surface area contributed by atoms with E-state index in [2.05, 4.69) is 26.0 Å². The molecule has 6 unspecified atom stereocenters. The number of carbonyl (C=O) groups is 2. The minimum atomic E-state index is -5.11. The highest BCUT2D eigenvalue weighted by atomic mass is 31.2. The van der Waals surface area contributed by atoms with Crippen molar-refractivity contribution in [1.82, 2.24) is 0 Å². The van der Waals surface area contributed by atoms with Crippen LogP contribution in [0.25, 0.3) is 0 Å². The van der Waals surface area contributed by atoms with Gasteiger partial charge in [0.15, 0.2) is 6.10 Å².